The fraction of sp³-hybridized carbons (Fsp3) is 0.608. The van der Waals surface area contributed by atoms with E-state index in [0.717, 1.165) is 12.0 Å². The topological polar surface area (TPSA) is 380 Å². The number of benzene rings is 3. The summed E-state index contributed by atoms with van der Waals surface area (Å²) in [6, 6.07) is 13.4. The Morgan fingerprint density at radius 3 is 2.03 bits per heavy atom. The zero-order valence-corrected chi connectivity index (χ0v) is 68.1. The lowest BCUT2D eigenvalue weighted by atomic mass is 9.91. The average molecular weight is 1570 g/mol. The molecule has 29 nitrogen and oxygen atoms in total. The second-order valence-electron chi connectivity index (χ2n) is 30.3. The lowest BCUT2D eigenvalue weighted by Gasteiger charge is -2.38. The van der Waals surface area contributed by atoms with Crippen molar-refractivity contribution in [2.75, 3.05) is 45.4 Å². The van der Waals surface area contributed by atoms with Crippen molar-refractivity contribution in [1.29, 1.82) is 0 Å². The molecule has 0 spiro atoms. The molecule has 2 fully saturated rings. The average Bonchev–Trinajstić information content (AvgIpc) is 1.65. The molecule has 2 heterocycles. The Labute approximate surface area is 654 Å². The molecule has 2 saturated heterocycles. The number of hydrogen-bond donors (Lipinski definition) is 8. The largest absolute Gasteiger partial charge is 0.507 e. The lowest BCUT2D eigenvalue weighted by molar-refractivity contribution is -0.197. The number of aryl methyl sites for hydroxylation is 1. The summed E-state index contributed by atoms with van der Waals surface area (Å²) in [4.78, 5) is 169. The summed E-state index contributed by atoms with van der Waals surface area (Å²) >= 11 is 0. The van der Waals surface area contributed by atoms with Crippen molar-refractivity contribution in [3.05, 3.63) is 89.0 Å². The molecule has 1 aliphatic carbocycles. The van der Waals surface area contributed by atoms with E-state index in [1.54, 1.807) is 101 Å². The molecule has 606 valence electrons. The number of carbonyl (C=O) groups excluding carboxylic acids is 12. The summed E-state index contributed by atoms with van der Waals surface area (Å²) in [7, 11) is 7.47. The quantitative estimate of drug-likeness (QED) is 0.0114. The van der Waals surface area contributed by atoms with Gasteiger partial charge in [-0.15, -0.1) is 5.06 Å². The van der Waals surface area contributed by atoms with E-state index in [0.29, 0.717) is 83.3 Å². The van der Waals surface area contributed by atoms with Gasteiger partial charge < -0.3 is 65.6 Å². The van der Waals surface area contributed by atoms with Crippen molar-refractivity contribution in [2.45, 2.75) is 239 Å². The number of amides is 11. The monoisotopic (exact) mass is 1570 g/mol. The van der Waals surface area contributed by atoms with E-state index < -0.39 is 101 Å². The zero-order valence-electron chi connectivity index (χ0n) is 66.4. The van der Waals surface area contributed by atoms with Crippen LogP contribution in [0.4, 0.5) is 10.5 Å². The molecule has 3 aromatic carbocycles. The van der Waals surface area contributed by atoms with Crippen molar-refractivity contribution in [2.24, 2.45) is 34.7 Å². The highest BCUT2D eigenvalue weighted by atomic mass is 33.1. The number of phenols is 1. The number of carbonyl (C=O) groups is 12. The molecule has 110 heavy (non-hydrogen) atoms. The van der Waals surface area contributed by atoms with Crippen LogP contribution in [0.1, 0.15) is 195 Å². The van der Waals surface area contributed by atoms with Gasteiger partial charge in [0.15, 0.2) is 0 Å². The van der Waals surface area contributed by atoms with Crippen LogP contribution in [0.3, 0.4) is 0 Å². The molecule has 1 unspecified atom stereocenters. The number of likely N-dealkylation sites (tertiary alicyclic amines) is 1. The first-order valence-electron chi connectivity index (χ1n) is 38.0. The molecule has 11 atom stereocenters. The smallest absolute Gasteiger partial charge is 0.410 e. The summed E-state index contributed by atoms with van der Waals surface area (Å²) in [6.45, 7) is 23.9. The predicted octanol–water partition coefficient (Wildman–Crippen LogP) is 8.42. The number of ether oxygens (including phenoxy) is 3. The second kappa shape index (κ2) is 42.6. The minimum Gasteiger partial charge on any atom is -0.507 e. The molecule has 3 aromatic rings. The highest BCUT2D eigenvalue weighted by Gasteiger charge is 2.43. The molecule has 0 bridgehead atoms. The number of aliphatic hydroxyl groups is 1. The number of hydrazone groups is 1. The number of anilines is 1. The minimum absolute atomic E-state index is 0.00290. The van der Waals surface area contributed by atoms with Crippen molar-refractivity contribution in [3.63, 3.8) is 0 Å². The van der Waals surface area contributed by atoms with Crippen LogP contribution < -0.4 is 36.7 Å². The van der Waals surface area contributed by atoms with E-state index in [9.17, 15) is 67.7 Å². The first kappa shape index (κ1) is 90.1. The Kier molecular flexibility index (Phi) is 34.9. The number of hydroxylamine groups is 2. The fourth-order valence-corrected chi connectivity index (χ4v) is 16.1. The zero-order chi connectivity index (χ0) is 81.4. The van der Waals surface area contributed by atoms with Crippen LogP contribution in [0.2, 0.25) is 0 Å². The molecule has 3 aliphatic rings. The molecule has 6 rings (SSSR count). The Hall–Kier alpha value is -8.81. The number of phenolic OH excluding ortho intramolecular Hbond substituents is 1. The van der Waals surface area contributed by atoms with Crippen LogP contribution in [-0.4, -0.2) is 200 Å². The Balaban J connectivity index is 0.903. The van der Waals surface area contributed by atoms with Gasteiger partial charge in [0.05, 0.1) is 48.9 Å². The molecular formula is C79H115N11O18S2. The van der Waals surface area contributed by atoms with Gasteiger partial charge in [0.2, 0.25) is 47.3 Å². The number of hydrogen-bond acceptors (Lipinski definition) is 21. The molecule has 2 aliphatic heterocycles. The van der Waals surface area contributed by atoms with Crippen LogP contribution in [0, 0.1) is 29.6 Å². The maximum atomic E-state index is 14.6. The number of nitrogens with one attached hydrogen (secondary N) is 6. The van der Waals surface area contributed by atoms with Gasteiger partial charge in [-0.25, -0.2) is 15.0 Å². The predicted molar refractivity (Wildman–Crippen MR) is 418 cm³/mol. The van der Waals surface area contributed by atoms with Gasteiger partial charge in [-0.3, -0.25) is 52.8 Å². The van der Waals surface area contributed by atoms with Crippen molar-refractivity contribution in [3.8, 4) is 11.5 Å². The van der Waals surface area contributed by atoms with Crippen molar-refractivity contribution >= 4 is 104 Å². The number of aliphatic hydroxyl groups excluding tert-OH is 1. The van der Waals surface area contributed by atoms with Crippen LogP contribution in [0.5, 0.6) is 11.5 Å². The van der Waals surface area contributed by atoms with Gasteiger partial charge >= 0.3 is 12.1 Å². The Morgan fingerprint density at radius 1 is 0.736 bits per heavy atom. The van der Waals surface area contributed by atoms with Crippen LogP contribution in [-0.2, 0) is 80.1 Å². The van der Waals surface area contributed by atoms with Crippen molar-refractivity contribution in [1.82, 2.24) is 46.5 Å². The first-order valence-corrected chi connectivity index (χ1v) is 40.3. The molecule has 8 N–H and O–H groups in total. The summed E-state index contributed by atoms with van der Waals surface area (Å²) < 4.78 is 16.8. The van der Waals surface area contributed by atoms with Crippen molar-refractivity contribution < 1.29 is 86.8 Å². The standard InChI is InChI=1S/C79H115N11O18S2/c1-17-48(8)58(33-34-63(94)89-38-21-25-59(89)72(105-16)49(9)73(99)80-50(10)71(98)53-23-19-18-20-24-53)87(14)77(103)69(46(4)5)84-76(102)70(47(6)7)88(15)78(104)107-44-52-27-30-55(31-28-52)82-74(100)51(11)81-75(101)68(45(2)3)83-61(92)37-40-109-110-79(12,13)43-62(93)86-85-57-32-29-54-41-56(42-60(91)67(54)57)106-39-22-26-66(97)108-90-64(95)35-36-65(90)96/h18-20,23-24,27-28,30-31,41-42,45-51,58-59,68-72,91,98H,17,21-22,25-26,29,32-40,43-44H2,1-16H3,(H,80,99)(H,81,101)(H,82,100)(H,83,92)(H,84,102)(H,86,93)/b85-57+/t48-,49+,50+,51-,58+,59-,68-,69?,70-,71+,72+/m0/s1. The van der Waals surface area contributed by atoms with Gasteiger partial charge in [-0.05, 0) is 125 Å². The van der Waals surface area contributed by atoms with Crippen LogP contribution >= 0.6 is 21.6 Å². The summed E-state index contributed by atoms with van der Waals surface area (Å²) in [5.41, 5.74) is 5.97. The number of methoxy groups -OCH3 is 1. The van der Waals surface area contributed by atoms with E-state index in [-0.39, 0.29) is 123 Å². The van der Waals surface area contributed by atoms with E-state index >= 15 is 0 Å². The van der Waals surface area contributed by atoms with Gasteiger partial charge in [0.25, 0.3) is 11.8 Å². The number of likely N-dealkylation sites (N-methyl/N-ethyl adjacent to an activating group) is 2. The van der Waals surface area contributed by atoms with Crippen LogP contribution in [0.15, 0.2) is 71.8 Å². The van der Waals surface area contributed by atoms with E-state index in [1.807, 2.05) is 59.7 Å². The molecule has 0 aromatic heterocycles. The first-order chi connectivity index (χ1) is 52.0. The fourth-order valence-electron chi connectivity index (χ4n) is 13.6. The summed E-state index contributed by atoms with van der Waals surface area (Å²) in [5.74, 6) is -6.22. The highest BCUT2D eigenvalue weighted by molar-refractivity contribution is 8.77. The second-order valence-corrected chi connectivity index (χ2v) is 33.5. The van der Waals surface area contributed by atoms with Crippen LogP contribution in [0.25, 0.3) is 0 Å². The number of fused-ring (bicyclic) bond motifs is 1. The van der Waals surface area contributed by atoms with Gasteiger partial charge in [0.1, 0.15) is 42.3 Å². The van der Waals surface area contributed by atoms with Gasteiger partial charge in [0, 0.05) is 93.7 Å². The molecule has 11 amide bonds. The Morgan fingerprint density at radius 2 is 1.40 bits per heavy atom. The third kappa shape index (κ3) is 25.9. The lowest BCUT2D eigenvalue weighted by Crippen LogP contribution is -2.58. The molecule has 0 saturated carbocycles. The molecule has 0 radical (unpaired) electrons. The number of rotatable bonds is 41. The minimum atomic E-state index is -1.05. The SMILES string of the molecule is CC[C@H](C)[C@@H](CCC(=O)N1CCC[C@H]1[C@H](OC)[C@@H](C)C(=O)N[C@H](C)[C@@H](O)c1ccccc1)N(C)C(=O)C(NC(=O)[C@H](C(C)C)N(C)C(=O)OCc1ccc(NC(=O)[C@H](C)NC(=O)[C@@H](NC(=O)CCSSC(C)(C)CC(=O)N/N=C2\CCc3cc(OCCCC(=O)ON4C(=O)CCC4=O)cc(O)c32)C(C)C)cc1)C(C)C. The van der Waals surface area contributed by atoms with E-state index in [4.69, 9.17) is 19.0 Å². The maximum absolute atomic E-state index is 14.6. The molecular weight excluding hydrogens is 1460 g/mol. The third-order valence-corrected chi connectivity index (χ3v) is 23.4. The van der Waals surface area contributed by atoms with E-state index in [1.165, 1.54) is 53.6 Å². The summed E-state index contributed by atoms with van der Waals surface area (Å²) in [5, 5.41) is 40.8. The Bertz CT molecular complexity index is 3720. The highest BCUT2D eigenvalue weighted by Crippen LogP contribution is 2.39. The maximum Gasteiger partial charge on any atom is 0.410 e. The number of nitrogens with zero attached hydrogens (tertiary/aromatic N) is 5. The normalized spacial score (nSPS) is 17.4. The van der Waals surface area contributed by atoms with Gasteiger partial charge in [-0.1, -0.05) is 133 Å². The third-order valence-electron chi connectivity index (χ3n) is 20.1. The number of aromatic hydroxyl groups is 1. The summed E-state index contributed by atoms with van der Waals surface area (Å²) in [6.07, 6.45) is 1.41. The van der Waals surface area contributed by atoms with E-state index in [2.05, 4.69) is 37.1 Å². The number of imide groups is 1. The van der Waals surface area contributed by atoms with Gasteiger partial charge in [-0.2, -0.15) is 5.10 Å². The molecule has 31 heteroatoms.